The molecule has 1 fully saturated rings. The number of hydrogen-bond donors (Lipinski definition) is 4. The summed E-state index contributed by atoms with van der Waals surface area (Å²) in [6.45, 7) is 0.821. The maximum absolute atomic E-state index is 10.4. The van der Waals surface area contributed by atoms with Crippen LogP contribution in [-0.2, 0) is 6.42 Å². The Labute approximate surface area is 157 Å². The fourth-order valence-corrected chi connectivity index (χ4v) is 4.26. The SMILES string of the molecule is COc1cc2c(cc1-c1ccc(-c3cn[nH]c3)cc1)CC1(CCNC1O)N2. The van der Waals surface area contributed by atoms with E-state index < -0.39 is 6.23 Å². The van der Waals surface area contributed by atoms with E-state index in [4.69, 9.17) is 4.74 Å². The van der Waals surface area contributed by atoms with Gasteiger partial charge in [-0.3, -0.25) is 10.4 Å². The van der Waals surface area contributed by atoms with Crippen LogP contribution in [0.1, 0.15) is 12.0 Å². The average molecular weight is 362 g/mol. The van der Waals surface area contributed by atoms with Crippen molar-refractivity contribution >= 4 is 5.69 Å². The number of benzene rings is 2. The Morgan fingerprint density at radius 1 is 1.15 bits per heavy atom. The predicted molar refractivity (Wildman–Crippen MR) is 105 cm³/mol. The van der Waals surface area contributed by atoms with E-state index >= 15 is 0 Å². The van der Waals surface area contributed by atoms with Crippen molar-refractivity contribution in [3.05, 3.63) is 54.4 Å². The van der Waals surface area contributed by atoms with Gasteiger partial charge in [0.1, 0.15) is 12.0 Å². The van der Waals surface area contributed by atoms with Gasteiger partial charge < -0.3 is 15.2 Å². The molecule has 3 heterocycles. The number of nitrogens with one attached hydrogen (secondary N) is 3. The van der Waals surface area contributed by atoms with Crippen LogP contribution in [0.4, 0.5) is 5.69 Å². The van der Waals surface area contributed by atoms with Gasteiger partial charge in [0.2, 0.25) is 0 Å². The first kappa shape index (κ1) is 16.4. The van der Waals surface area contributed by atoms with Crippen LogP contribution >= 0.6 is 0 Å². The van der Waals surface area contributed by atoms with E-state index in [1.807, 2.05) is 12.4 Å². The Morgan fingerprint density at radius 2 is 1.96 bits per heavy atom. The highest BCUT2D eigenvalue weighted by molar-refractivity contribution is 5.79. The summed E-state index contributed by atoms with van der Waals surface area (Å²) in [6, 6.07) is 12.6. The van der Waals surface area contributed by atoms with Crippen LogP contribution in [-0.4, -0.2) is 40.7 Å². The topological polar surface area (TPSA) is 82.2 Å². The van der Waals surface area contributed by atoms with Gasteiger partial charge >= 0.3 is 0 Å². The zero-order valence-electron chi connectivity index (χ0n) is 15.1. The van der Waals surface area contributed by atoms with Crippen molar-refractivity contribution in [3.8, 4) is 28.0 Å². The van der Waals surface area contributed by atoms with Gasteiger partial charge in [0.25, 0.3) is 0 Å². The Hall–Kier alpha value is -2.83. The number of aliphatic hydroxyl groups is 1. The predicted octanol–water partition coefficient (Wildman–Crippen LogP) is 2.77. The molecule has 0 saturated carbocycles. The van der Waals surface area contributed by atoms with E-state index in [1.165, 1.54) is 5.56 Å². The number of aromatic nitrogens is 2. The minimum Gasteiger partial charge on any atom is -0.496 e. The molecular weight excluding hydrogens is 340 g/mol. The molecule has 5 rings (SSSR count). The minimum atomic E-state index is -0.534. The summed E-state index contributed by atoms with van der Waals surface area (Å²) in [7, 11) is 1.70. The third kappa shape index (κ3) is 2.60. The second-order valence-electron chi connectivity index (χ2n) is 7.34. The molecule has 6 nitrogen and oxygen atoms in total. The average Bonchev–Trinajstić information content (AvgIpc) is 3.42. The van der Waals surface area contributed by atoms with E-state index in [0.717, 1.165) is 53.1 Å². The van der Waals surface area contributed by atoms with Crippen LogP contribution in [0, 0.1) is 0 Å². The van der Waals surface area contributed by atoms with Gasteiger partial charge in [0, 0.05) is 35.5 Å². The lowest BCUT2D eigenvalue weighted by atomic mass is 9.91. The smallest absolute Gasteiger partial charge is 0.128 e. The molecule has 3 aromatic rings. The van der Waals surface area contributed by atoms with Gasteiger partial charge in [-0.05, 0) is 35.7 Å². The van der Waals surface area contributed by atoms with Crippen molar-refractivity contribution in [2.75, 3.05) is 19.0 Å². The highest BCUT2D eigenvalue weighted by atomic mass is 16.5. The zero-order valence-corrected chi connectivity index (χ0v) is 15.1. The second-order valence-corrected chi connectivity index (χ2v) is 7.34. The Bertz CT molecular complexity index is 969. The van der Waals surface area contributed by atoms with Gasteiger partial charge in [-0.15, -0.1) is 0 Å². The summed E-state index contributed by atoms with van der Waals surface area (Å²) < 4.78 is 5.67. The molecule has 0 amide bonds. The maximum atomic E-state index is 10.4. The quantitative estimate of drug-likeness (QED) is 0.576. The first-order valence-corrected chi connectivity index (χ1v) is 9.19. The fraction of sp³-hybridized carbons (Fsp3) is 0.286. The number of hydrogen-bond acceptors (Lipinski definition) is 5. The number of ether oxygens (including phenoxy) is 1. The number of aliphatic hydroxyl groups excluding tert-OH is 1. The van der Waals surface area contributed by atoms with Crippen LogP contribution in [0.25, 0.3) is 22.3 Å². The summed E-state index contributed by atoms with van der Waals surface area (Å²) in [5.41, 5.74) is 6.31. The van der Waals surface area contributed by atoms with E-state index in [0.29, 0.717) is 0 Å². The Kier molecular flexibility index (Phi) is 3.70. The lowest BCUT2D eigenvalue weighted by Crippen LogP contribution is -2.47. The molecule has 0 bridgehead atoms. The summed E-state index contributed by atoms with van der Waals surface area (Å²) >= 11 is 0. The molecule has 1 spiro atoms. The third-order valence-electron chi connectivity index (χ3n) is 5.77. The summed E-state index contributed by atoms with van der Waals surface area (Å²) in [5, 5.41) is 23.9. The molecule has 138 valence electrons. The number of methoxy groups -OCH3 is 1. The molecule has 6 heteroatoms. The second kappa shape index (κ2) is 6.11. The molecule has 1 aromatic heterocycles. The molecule has 2 unspecified atom stereocenters. The number of anilines is 1. The van der Waals surface area contributed by atoms with Gasteiger partial charge in [-0.2, -0.15) is 5.10 Å². The van der Waals surface area contributed by atoms with Crippen molar-refractivity contribution in [1.82, 2.24) is 15.5 Å². The van der Waals surface area contributed by atoms with Crippen molar-refractivity contribution in [2.45, 2.75) is 24.6 Å². The maximum Gasteiger partial charge on any atom is 0.128 e. The van der Waals surface area contributed by atoms with E-state index in [2.05, 4.69) is 57.2 Å². The van der Waals surface area contributed by atoms with E-state index in [1.54, 1.807) is 7.11 Å². The molecule has 2 aliphatic heterocycles. The lowest BCUT2D eigenvalue weighted by Gasteiger charge is -2.27. The molecule has 0 radical (unpaired) electrons. The van der Waals surface area contributed by atoms with Gasteiger partial charge in [0.15, 0.2) is 0 Å². The van der Waals surface area contributed by atoms with Gasteiger partial charge in [-0.1, -0.05) is 24.3 Å². The van der Waals surface area contributed by atoms with Crippen molar-refractivity contribution in [2.24, 2.45) is 0 Å². The molecule has 0 aliphatic carbocycles. The fourth-order valence-electron chi connectivity index (χ4n) is 4.26. The van der Waals surface area contributed by atoms with Crippen LogP contribution in [0.3, 0.4) is 0 Å². The largest absolute Gasteiger partial charge is 0.496 e. The summed E-state index contributed by atoms with van der Waals surface area (Å²) in [5.74, 6) is 0.829. The summed E-state index contributed by atoms with van der Waals surface area (Å²) in [6.07, 6.45) is 4.88. The Morgan fingerprint density at radius 3 is 2.63 bits per heavy atom. The first-order valence-electron chi connectivity index (χ1n) is 9.19. The number of H-pyrrole nitrogens is 1. The minimum absolute atomic E-state index is 0.308. The summed E-state index contributed by atoms with van der Waals surface area (Å²) in [4.78, 5) is 0. The molecule has 2 aliphatic rings. The first-order chi connectivity index (χ1) is 13.2. The zero-order chi connectivity index (χ0) is 18.4. The third-order valence-corrected chi connectivity index (χ3v) is 5.77. The van der Waals surface area contributed by atoms with E-state index in [-0.39, 0.29) is 5.54 Å². The molecule has 1 saturated heterocycles. The highest BCUT2D eigenvalue weighted by Gasteiger charge is 2.46. The van der Waals surface area contributed by atoms with Crippen LogP contribution in [0.15, 0.2) is 48.8 Å². The highest BCUT2D eigenvalue weighted by Crippen LogP contribution is 2.44. The molecule has 27 heavy (non-hydrogen) atoms. The number of nitrogens with zero attached hydrogens (tertiary/aromatic N) is 1. The normalized spacial score (nSPS) is 23.4. The van der Waals surface area contributed by atoms with Crippen LogP contribution in [0.5, 0.6) is 5.75 Å². The van der Waals surface area contributed by atoms with Gasteiger partial charge in [-0.25, -0.2) is 0 Å². The van der Waals surface area contributed by atoms with Crippen molar-refractivity contribution in [3.63, 3.8) is 0 Å². The number of rotatable bonds is 3. The lowest BCUT2D eigenvalue weighted by molar-refractivity contribution is 0.106. The van der Waals surface area contributed by atoms with E-state index in [9.17, 15) is 5.11 Å². The Balaban J connectivity index is 1.51. The van der Waals surface area contributed by atoms with Crippen molar-refractivity contribution < 1.29 is 9.84 Å². The monoisotopic (exact) mass is 362 g/mol. The standard InChI is InChI=1S/C21H22N4O2/c1-27-19-9-18-15(10-21(25-18)6-7-22-20(21)26)8-17(19)14-4-2-13(3-5-14)16-11-23-24-12-16/h2-5,8-9,11-12,20,22,25-26H,6-7,10H2,1H3,(H,23,24). The number of fused-ring (bicyclic) bond motifs is 1. The molecule has 2 atom stereocenters. The van der Waals surface area contributed by atoms with Crippen molar-refractivity contribution in [1.29, 1.82) is 0 Å². The molecular formula is C21H22N4O2. The number of aromatic amines is 1. The molecule has 4 N–H and O–H groups in total. The van der Waals surface area contributed by atoms with Gasteiger partial charge in [0.05, 0.1) is 18.8 Å². The van der Waals surface area contributed by atoms with Crippen LogP contribution in [0.2, 0.25) is 0 Å². The molecule has 2 aromatic carbocycles. The van der Waals surface area contributed by atoms with Crippen LogP contribution < -0.4 is 15.4 Å².